The number of nitrogens with one attached hydrogen (secondary N) is 1. The van der Waals surface area contributed by atoms with E-state index in [0.29, 0.717) is 0 Å². The van der Waals surface area contributed by atoms with Crippen molar-refractivity contribution in [1.29, 1.82) is 0 Å². The summed E-state index contributed by atoms with van der Waals surface area (Å²) in [4.78, 5) is 23.2. The van der Waals surface area contributed by atoms with Crippen molar-refractivity contribution in [2.75, 3.05) is 20.1 Å². The second-order valence-electron chi connectivity index (χ2n) is 2.93. The molecule has 1 atom stereocenters. The molecule has 1 heterocycles. The van der Waals surface area contributed by atoms with Crippen molar-refractivity contribution in [2.24, 2.45) is 0 Å². The van der Waals surface area contributed by atoms with Gasteiger partial charge >= 0.3 is 0 Å². The summed E-state index contributed by atoms with van der Waals surface area (Å²) in [6.45, 7) is 0.951. The number of piperidine rings is 1. The zero-order chi connectivity index (χ0) is 8.97. The standard InChI is InChI=1S/C8H14N2O2/c1-9-7-3-2-4-10(5-6-11)8(7)12/h6-7,9H,2-5H2,1H3/t7-/m0/s1. The second-order valence-corrected chi connectivity index (χ2v) is 2.93. The van der Waals surface area contributed by atoms with Crippen molar-refractivity contribution in [3.8, 4) is 0 Å². The Labute approximate surface area is 71.9 Å². The molecular formula is C8H14N2O2. The number of hydrogen-bond acceptors (Lipinski definition) is 3. The molecule has 1 amide bonds. The van der Waals surface area contributed by atoms with Crippen LogP contribution in [0.4, 0.5) is 0 Å². The monoisotopic (exact) mass is 170 g/mol. The zero-order valence-electron chi connectivity index (χ0n) is 7.25. The molecule has 0 spiro atoms. The Morgan fingerprint density at radius 1 is 1.75 bits per heavy atom. The number of amides is 1. The van der Waals surface area contributed by atoms with Gasteiger partial charge in [0, 0.05) is 6.54 Å². The van der Waals surface area contributed by atoms with Gasteiger partial charge in [-0.2, -0.15) is 0 Å². The van der Waals surface area contributed by atoms with Crippen LogP contribution in [-0.4, -0.2) is 43.3 Å². The Kier molecular flexibility index (Phi) is 3.22. The largest absolute Gasteiger partial charge is 0.334 e. The number of aldehydes is 1. The molecule has 68 valence electrons. The first-order valence-corrected chi connectivity index (χ1v) is 4.19. The highest BCUT2D eigenvalue weighted by Crippen LogP contribution is 2.09. The summed E-state index contributed by atoms with van der Waals surface area (Å²) in [7, 11) is 1.77. The van der Waals surface area contributed by atoms with E-state index in [1.165, 1.54) is 0 Å². The van der Waals surface area contributed by atoms with E-state index < -0.39 is 0 Å². The highest BCUT2D eigenvalue weighted by atomic mass is 16.2. The minimum atomic E-state index is -0.0845. The Hall–Kier alpha value is -0.900. The van der Waals surface area contributed by atoms with E-state index in [-0.39, 0.29) is 18.5 Å². The SMILES string of the molecule is CN[C@H]1CCCN(CC=O)C1=O. The van der Waals surface area contributed by atoms with Crippen LogP contribution in [0.1, 0.15) is 12.8 Å². The van der Waals surface area contributed by atoms with E-state index in [9.17, 15) is 9.59 Å². The van der Waals surface area contributed by atoms with Gasteiger partial charge in [0.25, 0.3) is 0 Å². The first kappa shape index (κ1) is 9.19. The molecule has 0 saturated carbocycles. The van der Waals surface area contributed by atoms with Crippen LogP contribution in [0.15, 0.2) is 0 Å². The molecule has 1 aliphatic rings. The maximum Gasteiger partial charge on any atom is 0.240 e. The fourth-order valence-electron chi connectivity index (χ4n) is 1.48. The van der Waals surface area contributed by atoms with E-state index in [1.807, 2.05) is 0 Å². The average molecular weight is 170 g/mol. The molecule has 12 heavy (non-hydrogen) atoms. The summed E-state index contributed by atoms with van der Waals surface area (Å²) in [6.07, 6.45) is 2.63. The number of hydrogen-bond donors (Lipinski definition) is 1. The molecule has 1 aliphatic heterocycles. The van der Waals surface area contributed by atoms with Crippen molar-refractivity contribution in [3.63, 3.8) is 0 Å². The van der Waals surface area contributed by atoms with Crippen molar-refractivity contribution in [3.05, 3.63) is 0 Å². The van der Waals surface area contributed by atoms with Gasteiger partial charge in [-0.05, 0) is 19.9 Å². The summed E-state index contributed by atoms with van der Waals surface area (Å²) in [6, 6.07) is -0.0845. The molecule has 0 aromatic carbocycles. The van der Waals surface area contributed by atoms with Gasteiger partial charge in [0.05, 0.1) is 12.6 Å². The topological polar surface area (TPSA) is 49.4 Å². The first-order chi connectivity index (χ1) is 5.79. The number of carbonyl (C=O) groups is 2. The molecule has 0 radical (unpaired) electrons. The van der Waals surface area contributed by atoms with E-state index in [2.05, 4.69) is 5.32 Å². The number of likely N-dealkylation sites (N-methyl/N-ethyl adjacent to an activating group) is 1. The zero-order valence-corrected chi connectivity index (χ0v) is 7.25. The average Bonchev–Trinajstić information content (AvgIpc) is 2.09. The summed E-state index contributed by atoms with van der Waals surface area (Å²) in [5.74, 6) is 0.0517. The number of likely N-dealkylation sites (tertiary alicyclic amines) is 1. The molecule has 4 heteroatoms. The minimum absolute atomic E-state index is 0.0517. The van der Waals surface area contributed by atoms with Crippen LogP contribution < -0.4 is 5.32 Å². The smallest absolute Gasteiger partial charge is 0.240 e. The quantitative estimate of drug-likeness (QED) is 0.575. The second kappa shape index (κ2) is 4.21. The third-order valence-electron chi connectivity index (χ3n) is 2.17. The van der Waals surface area contributed by atoms with Crippen LogP contribution >= 0.6 is 0 Å². The predicted octanol–water partition coefficient (Wildman–Crippen LogP) is -0.604. The van der Waals surface area contributed by atoms with E-state index in [0.717, 1.165) is 25.7 Å². The van der Waals surface area contributed by atoms with Gasteiger partial charge in [0.1, 0.15) is 6.29 Å². The van der Waals surface area contributed by atoms with Gasteiger partial charge < -0.3 is 15.0 Å². The lowest BCUT2D eigenvalue weighted by atomic mass is 10.1. The van der Waals surface area contributed by atoms with Crippen LogP contribution in [0.5, 0.6) is 0 Å². The molecule has 1 rings (SSSR count). The number of rotatable bonds is 3. The minimum Gasteiger partial charge on any atom is -0.334 e. The summed E-state index contributed by atoms with van der Waals surface area (Å²) in [5, 5.41) is 2.93. The van der Waals surface area contributed by atoms with Gasteiger partial charge in [-0.3, -0.25) is 4.79 Å². The molecule has 0 aliphatic carbocycles. The Balaban J connectivity index is 2.52. The van der Waals surface area contributed by atoms with Gasteiger partial charge in [0.2, 0.25) is 5.91 Å². The number of carbonyl (C=O) groups excluding carboxylic acids is 2. The lowest BCUT2D eigenvalue weighted by Crippen LogP contribution is -2.50. The summed E-state index contributed by atoms with van der Waals surface area (Å²) in [5.41, 5.74) is 0. The van der Waals surface area contributed by atoms with Gasteiger partial charge in [-0.1, -0.05) is 0 Å². The van der Waals surface area contributed by atoms with Crippen LogP contribution in [0, 0.1) is 0 Å². The fraction of sp³-hybridized carbons (Fsp3) is 0.750. The van der Waals surface area contributed by atoms with Gasteiger partial charge in [0.15, 0.2) is 0 Å². The van der Waals surface area contributed by atoms with Crippen LogP contribution in [-0.2, 0) is 9.59 Å². The highest BCUT2D eigenvalue weighted by molar-refractivity contribution is 5.84. The van der Waals surface area contributed by atoms with Crippen molar-refractivity contribution >= 4 is 12.2 Å². The third kappa shape index (κ3) is 1.82. The molecule has 1 N–H and O–H groups in total. The molecule has 0 aromatic heterocycles. The predicted molar refractivity (Wildman–Crippen MR) is 44.7 cm³/mol. The van der Waals surface area contributed by atoms with E-state index in [1.54, 1.807) is 11.9 Å². The van der Waals surface area contributed by atoms with Crippen molar-refractivity contribution < 1.29 is 9.59 Å². The van der Waals surface area contributed by atoms with Crippen LogP contribution in [0.25, 0.3) is 0 Å². The Morgan fingerprint density at radius 3 is 3.08 bits per heavy atom. The molecule has 1 saturated heterocycles. The normalized spacial score (nSPS) is 24.2. The van der Waals surface area contributed by atoms with E-state index in [4.69, 9.17) is 0 Å². The summed E-state index contributed by atoms with van der Waals surface area (Å²) >= 11 is 0. The van der Waals surface area contributed by atoms with Crippen molar-refractivity contribution in [1.82, 2.24) is 10.2 Å². The molecule has 0 bridgehead atoms. The maximum absolute atomic E-state index is 11.5. The number of nitrogens with zero attached hydrogens (tertiary/aromatic N) is 1. The van der Waals surface area contributed by atoms with Crippen LogP contribution in [0.3, 0.4) is 0 Å². The van der Waals surface area contributed by atoms with Gasteiger partial charge in [-0.25, -0.2) is 0 Å². The molecular weight excluding hydrogens is 156 g/mol. The van der Waals surface area contributed by atoms with E-state index >= 15 is 0 Å². The Morgan fingerprint density at radius 2 is 2.50 bits per heavy atom. The molecule has 0 aromatic rings. The first-order valence-electron chi connectivity index (χ1n) is 4.19. The molecule has 0 unspecified atom stereocenters. The summed E-state index contributed by atoms with van der Waals surface area (Å²) < 4.78 is 0. The van der Waals surface area contributed by atoms with Crippen LogP contribution in [0.2, 0.25) is 0 Å². The molecule has 4 nitrogen and oxygen atoms in total. The fourth-order valence-corrected chi connectivity index (χ4v) is 1.48. The van der Waals surface area contributed by atoms with Gasteiger partial charge in [-0.15, -0.1) is 0 Å². The molecule has 1 fully saturated rings. The maximum atomic E-state index is 11.5. The highest BCUT2D eigenvalue weighted by Gasteiger charge is 2.26. The third-order valence-corrected chi connectivity index (χ3v) is 2.17. The lowest BCUT2D eigenvalue weighted by molar-refractivity contribution is -0.137. The lowest BCUT2D eigenvalue weighted by Gasteiger charge is -2.30. The Bertz CT molecular complexity index is 182. The van der Waals surface area contributed by atoms with Crippen molar-refractivity contribution in [2.45, 2.75) is 18.9 Å².